The van der Waals surface area contributed by atoms with Crippen LogP contribution in [0.1, 0.15) is 29.0 Å². The Balaban J connectivity index is 2.14. The quantitative estimate of drug-likeness (QED) is 0.863. The number of imidazole rings is 1. The first-order valence-electron chi connectivity index (χ1n) is 5.71. The van der Waals surface area contributed by atoms with Gasteiger partial charge in [-0.05, 0) is 24.6 Å². The average molecular weight is 244 g/mol. The number of carbonyl (C=O) groups is 1. The molecule has 0 aliphatic carbocycles. The number of hydrogen-bond donors (Lipinski definition) is 2. The summed E-state index contributed by atoms with van der Waals surface area (Å²) in [5, 5.41) is 2.80. The summed E-state index contributed by atoms with van der Waals surface area (Å²) in [5.41, 5.74) is 7.89. The van der Waals surface area contributed by atoms with E-state index in [4.69, 9.17) is 5.73 Å². The zero-order chi connectivity index (χ0) is 13.1. The minimum atomic E-state index is -0.225. The van der Waals surface area contributed by atoms with Crippen LogP contribution in [0.3, 0.4) is 0 Å². The van der Waals surface area contributed by atoms with Crippen molar-refractivity contribution in [2.24, 2.45) is 12.8 Å². The molecule has 1 aromatic carbocycles. The molecule has 2 aromatic rings. The Morgan fingerprint density at radius 3 is 2.89 bits per heavy atom. The molecule has 1 unspecified atom stereocenters. The molecular formula is C13H16N4O. The summed E-state index contributed by atoms with van der Waals surface area (Å²) >= 11 is 0. The molecule has 0 aliphatic heterocycles. The number of carbonyl (C=O) groups excluding carboxylic acids is 1. The lowest BCUT2D eigenvalue weighted by Gasteiger charge is -2.08. The zero-order valence-electron chi connectivity index (χ0n) is 10.4. The second-order valence-electron chi connectivity index (χ2n) is 4.29. The molecule has 0 radical (unpaired) electrons. The van der Waals surface area contributed by atoms with Crippen LogP contribution in [-0.4, -0.2) is 15.5 Å². The molecule has 1 atom stereocenters. The Kier molecular flexibility index (Phi) is 3.43. The Hall–Kier alpha value is -2.14. The van der Waals surface area contributed by atoms with Crippen LogP contribution in [0.15, 0.2) is 36.8 Å². The van der Waals surface area contributed by atoms with E-state index in [2.05, 4.69) is 10.3 Å². The SMILES string of the molecule is CC(N)c1cccc(NC(=O)c2cn(C)cn2)c1. The zero-order valence-corrected chi connectivity index (χ0v) is 10.4. The van der Waals surface area contributed by atoms with Crippen molar-refractivity contribution in [3.8, 4) is 0 Å². The standard InChI is InChI=1S/C13H16N4O/c1-9(14)10-4-3-5-11(6-10)16-13(18)12-7-17(2)8-15-12/h3-9H,14H2,1-2H3,(H,16,18). The molecule has 1 aromatic heterocycles. The van der Waals surface area contributed by atoms with Gasteiger partial charge in [0.1, 0.15) is 5.69 Å². The van der Waals surface area contributed by atoms with Gasteiger partial charge in [-0.1, -0.05) is 12.1 Å². The van der Waals surface area contributed by atoms with E-state index in [-0.39, 0.29) is 11.9 Å². The van der Waals surface area contributed by atoms with Gasteiger partial charge in [0.2, 0.25) is 0 Å². The second-order valence-corrected chi connectivity index (χ2v) is 4.29. The Bertz CT molecular complexity index is 560. The van der Waals surface area contributed by atoms with Gasteiger partial charge in [0.25, 0.3) is 5.91 Å². The van der Waals surface area contributed by atoms with Crippen molar-refractivity contribution in [3.05, 3.63) is 48.0 Å². The summed E-state index contributed by atoms with van der Waals surface area (Å²) in [6.07, 6.45) is 3.26. The monoisotopic (exact) mass is 244 g/mol. The Labute approximate surface area is 106 Å². The van der Waals surface area contributed by atoms with E-state index in [1.54, 1.807) is 17.1 Å². The van der Waals surface area contributed by atoms with Crippen LogP contribution in [0.5, 0.6) is 0 Å². The molecule has 5 heteroatoms. The van der Waals surface area contributed by atoms with Crippen LogP contribution in [0.25, 0.3) is 0 Å². The molecular weight excluding hydrogens is 228 g/mol. The van der Waals surface area contributed by atoms with Crippen LogP contribution < -0.4 is 11.1 Å². The summed E-state index contributed by atoms with van der Waals surface area (Å²) in [4.78, 5) is 15.9. The molecule has 18 heavy (non-hydrogen) atoms. The minimum absolute atomic E-state index is 0.0586. The average Bonchev–Trinajstić information content (AvgIpc) is 2.76. The first-order valence-corrected chi connectivity index (χ1v) is 5.71. The van der Waals surface area contributed by atoms with Crippen molar-refractivity contribution in [2.75, 3.05) is 5.32 Å². The number of amides is 1. The van der Waals surface area contributed by atoms with E-state index >= 15 is 0 Å². The normalized spacial score (nSPS) is 12.2. The molecule has 5 nitrogen and oxygen atoms in total. The lowest BCUT2D eigenvalue weighted by atomic mass is 10.1. The lowest BCUT2D eigenvalue weighted by molar-refractivity contribution is 0.102. The Morgan fingerprint density at radius 1 is 1.50 bits per heavy atom. The van der Waals surface area contributed by atoms with Crippen LogP contribution in [-0.2, 0) is 7.05 Å². The van der Waals surface area contributed by atoms with Gasteiger partial charge >= 0.3 is 0 Å². The first kappa shape index (κ1) is 12.3. The van der Waals surface area contributed by atoms with Crippen LogP contribution in [0, 0.1) is 0 Å². The molecule has 94 valence electrons. The predicted molar refractivity (Wildman–Crippen MR) is 70.2 cm³/mol. The third-order valence-corrected chi connectivity index (χ3v) is 2.61. The summed E-state index contributed by atoms with van der Waals surface area (Å²) in [7, 11) is 1.82. The van der Waals surface area contributed by atoms with Crippen LogP contribution in [0.2, 0.25) is 0 Å². The number of hydrogen-bond acceptors (Lipinski definition) is 3. The van der Waals surface area contributed by atoms with Crippen molar-refractivity contribution in [2.45, 2.75) is 13.0 Å². The van der Waals surface area contributed by atoms with E-state index in [9.17, 15) is 4.79 Å². The molecule has 3 N–H and O–H groups in total. The smallest absolute Gasteiger partial charge is 0.275 e. The number of aryl methyl sites for hydroxylation is 1. The lowest BCUT2D eigenvalue weighted by Crippen LogP contribution is -2.13. The van der Waals surface area contributed by atoms with E-state index in [0.717, 1.165) is 11.3 Å². The first-order chi connectivity index (χ1) is 8.56. The fraction of sp³-hybridized carbons (Fsp3) is 0.231. The molecule has 0 spiro atoms. The van der Waals surface area contributed by atoms with Gasteiger partial charge < -0.3 is 15.6 Å². The minimum Gasteiger partial charge on any atom is -0.340 e. The highest BCUT2D eigenvalue weighted by atomic mass is 16.1. The predicted octanol–water partition coefficient (Wildman–Crippen LogP) is 1.69. The number of nitrogens with two attached hydrogens (primary N) is 1. The molecule has 1 amide bonds. The molecule has 0 bridgehead atoms. The summed E-state index contributed by atoms with van der Waals surface area (Å²) in [6.45, 7) is 1.90. The highest BCUT2D eigenvalue weighted by Crippen LogP contribution is 2.16. The summed E-state index contributed by atoms with van der Waals surface area (Å²) in [6, 6.07) is 7.43. The van der Waals surface area contributed by atoms with Crippen molar-refractivity contribution >= 4 is 11.6 Å². The van der Waals surface area contributed by atoms with E-state index in [1.807, 2.05) is 38.2 Å². The highest BCUT2D eigenvalue weighted by Gasteiger charge is 2.09. The molecule has 0 saturated carbocycles. The van der Waals surface area contributed by atoms with Gasteiger partial charge in [-0.25, -0.2) is 4.98 Å². The van der Waals surface area contributed by atoms with Crippen molar-refractivity contribution in [1.29, 1.82) is 0 Å². The van der Waals surface area contributed by atoms with E-state index < -0.39 is 0 Å². The van der Waals surface area contributed by atoms with Crippen LogP contribution in [0.4, 0.5) is 5.69 Å². The second kappa shape index (κ2) is 5.01. The summed E-state index contributed by atoms with van der Waals surface area (Å²) in [5.74, 6) is -0.225. The third kappa shape index (κ3) is 2.75. The van der Waals surface area contributed by atoms with Crippen molar-refractivity contribution < 1.29 is 4.79 Å². The number of aromatic nitrogens is 2. The Morgan fingerprint density at radius 2 is 2.28 bits per heavy atom. The fourth-order valence-corrected chi connectivity index (χ4v) is 1.62. The number of anilines is 1. The maximum absolute atomic E-state index is 11.9. The molecule has 2 rings (SSSR count). The number of nitrogens with one attached hydrogen (secondary N) is 1. The van der Waals surface area contributed by atoms with E-state index in [0.29, 0.717) is 5.69 Å². The van der Waals surface area contributed by atoms with Gasteiger partial charge in [0, 0.05) is 25.0 Å². The third-order valence-electron chi connectivity index (χ3n) is 2.61. The largest absolute Gasteiger partial charge is 0.340 e. The van der Waals surface area contributed by atoms with Gasteiger partial charge in [0.15, 0.2) is 0 Å². The number of nitrogens with zero attached hydrogens (tertiary/aromatic N) is 2. The molecule has 0 aliphatic rings. The van der Waals surface area contributed by atoms with E-state index in [1.165, 1.54) is 0 Å². The van der Waals surface area contributed by atoms with Crippen LogP contribution >= 0.6 is 0 Å². The fourth-order valence-electron chi connectivity index (χ4n) is 1.62. The van der Waals surface area contributed by atoms with Gasteiger partial charge in [-0.2, -0.15) is 0 Å². The topological polar surface area (TPSA) is 72.9 Å². The summed E-state index contributed by atoms with van der Waals surface area (Å²) < 4.78 is 1.73. The molecule has 1 heterocycles. The van der Waals surface area contributed by atoms with Crippen molar-refractivity contribution in [3.63, 3.8) is 0 Å². The maximum Gasteiger partial charge on any atom is 0.275 e. The van der Waals surface area contributed by atoms with Gasteiger partial charge in [0.05, 0.1) is 6.33 Å². The number of rotatable bonds is 3. The number of benzene rings is 1. The molecule has 0 fully saturated rings. The highest BCUT2D eigenvalue weighted by molar-refractivity contribution is 6.02. The molecule has 0 saturated heterocycles. The maximum atomic E-state index is 11.9. The van der Waals surface area contributed by atoms with Gasteiger partial charge in [-0.3, -0.25) is 4.79 Å². The van der Waals surface area contributed by atoms with Crippen molar-refractivity contribution in [1.82, 2.24) is 9.55 Å². The van der Waals surface area contributed by atoms with Gasteiger partial charge in [-0.15, -0.1) is 0 Å².